The van der Waals surface area contributed by atoms with Crippen LogP contribution in [0.25, 0.3) is 0 Å². The van der Waals surface area contributed by atoms with Crippen LogP contribution in [0, 0.1) is 0 Å². The van der Waals surface area contributed by atoms with Gasteiger partial charge < -0.3 is 9.47 Å². The average molecular weight is 154 g/mol. The quantitative estimate of drug-likeness (QED) is 0.496. The zero-order chi connectivity index (χ0) is 7.57. The van der Waals surface area contributed by atoms with E-state index in [0.29, 0.717) is 0 Å². The van der Waals surface area contributed by atoms with Gasteiger partial charge >= 0.3 is 0 Å². The van der Waals surface area contributed by atoms with Crippen molar-refractivity contribution in [3.63, 3.8) is 0 Å². The molecule has 1 fully saturated rings. The molecule has 2 nitrogen and oxygen atoms in total. The number of hydrogen-bond acceptors (Lipinski definition) is 2. The summed E-state index contributed by atoms with van der Waals surface area (Å²) < 4.78 is 11.2. The maximum absolute atomic E-state index is 5.60. The Hall–Kier alpha value is -0.340. The molecular formula is C9H14O2. The van der Waals surface area contributed by atoms with Gasteiger partial charge in [0, 0.05) is 6.42 Å². The molecule has 0 aromatic rings. The van der Waals surface area contributed by atoms with Crippen LogP contribution in [0.3, 0.4) is 0 Å². The van der Waals surface area contributed by atoms with Crippen molar-refractivity contribution in [3.05, 3.63) is 12.2 Å². The third-order valence-electron chi connectivity index (χ3n) is 2.27. The minimum atomic E-state index is -0.323. The molecule has 2 heteroatoms. The Morgan fingerprint density at radius 1 is 1.09 bits per heavy atom. The summed E-state index contributed by atoms with van der Waals surface area (Å²) in [5.41, 5.74) is 0. The van der Waals surface area contributed by atoms with Gasteiger partial charge in [-0.25, -0.2) is 0 Å². The predicted octanol–water partition coefficient (Wildman–Crippen LogP) is 1.86. The molecule has 0 radical (unpaired) electrons. The van der Waals surface area contributed by atoms with Gasteiger partial charge in [-0.2, -0.15) is 0 Å². The van der Waals surface area contributed by atoms with E-state index in [4.69, 9.17) is 9.47 Å². The largest absolute Gasteiger partial charge is 0.346 e. The van der Waals surface area contributed by atoms with Gasteiger partial charge in [-0.3, -0.25) is 0 Å². The molecule has 0 aliphatic carbocycles. The smallest absolute Gasteiger partial charge is 0.187 e. The molecule has 0 unspecified atom stereocenters. The molecule has 2 aliphatic heterocycles. The van der Waals surface area contributed by atoms with Crippen LogP contribution < -0.4 is 0 Å². The molecule has 0 aromatic heterocycles. The first-order valence-electron chi connectivity index (χ1n) is 4.37. The van der Waals surface area contributed by atoms with Crippen LogP contribution in [0.5, 0.6) is 0 Å². The van der Waals surface area contributed by atoms with Crippen molar-refractivity contribution in [2.75, 3.05) is 13.2 Å². The summed E-state index contributed by atoms with van der Waals surface area (Å²) in [7, 11) is 0. The fourth-order valence-electron chi connectivity index (χ4n) is 1.65. The number of rotatable bonds is 0. The van der Waals surface area contributed by atoms with Gasteiger partial charge in [0.05, 0.1) is 13.2 Å². The summed E-state index contributed by atoms with van der Waals surface area (Å²) >= 11 is 0. The molecule has 2 rings (SSSR count). The van der Waals surface area contributed by atoms with Gasteiger partial charge in [-0.15, -0.1) is 0 Å². The lowest BCUT2D eigenvalue weighted by atomic mass is 10.0. The van der Waals surface area contributed by atoms with E-state index >= 15 is 0 Å². The molecule has 1 atom stereocenters. The monoisotopic (exact) mass is 154 g/mol. The zero-order valence-corrected chi connectivity index (χ0v) is 6.71. The van der Waals surface area contributed by atoms with Crippen molar-refractivity contribution in [1.29, 1.82) is 0 Å². The predicted molar refractivity (Wildman–Crippen MR) is 42.2 cm³/mol. The summed E-state index contributed by atoms with van der Waals surface area (Å²) in [5, 5.41) is 0. The maximum atomic E-state index is 5.60. The third-order valence-corrected chi connectivity index (χ3v) is 2.27. The van der Waals surface area contributed by atoms with Crippen LogP contribution in [-0.4, -0.2) is 19.0 Å². The fraction of sp³-hybridized carbons (Fsp3) is 0.778. The number of hydrogen-bond donors (Lipinski definition) is 0. The Balaban J connectivity index is 2.06. The van der Waals surface area contributed by atoms with Crippen LogP contribution in [0.4, 0.5) is 0 Å². The van der Waals surface area contributed by atoms with Crippen LogP contribution in [-0.2, 0) is 9.47 Å². The van der Waals surface area contributed by atoms with Gasteiger partial charge in [0.25, 0.3) is 0 Å². The van der Waals surface area contributed by atoms with Crippen molar-refractivity contribution in [3.8, 4) is 0 Å². The molecule has 0 aromatic carbocycles. The van der Waals surface area contributed by atoms with Gasteiger partial charge in [0.2, 0.25) is 0 Å². The maximum Gasteiger partial charge on any atom is 0.187 e. The first-order chi connectivity index (χ1) is 5.41. The van der Waals surface area contributed by atoms with Crippen LogP contribution >= 0.6 is 0 Å². The molecule has 0 saturated carbocycles. The van der Waals surface area contributed by atoms with Crippen LogP contribution in [0.15, 0.2) is 12.2 Å². The molecule has 1 saturated heterocycles. The lowest BCUT2D eigenvalue weighted by Crippen LogP contribution is -2.39. The van der Waals surface area contributed by atoms with Crippen molar-refractivity contribution in [2.45, 2.75) is 31.5 Å². The molecule has 2 aliphatic rings. The van der Waals surface area contributed by atoms with E-state index in [1.807, 2.05) is 0 Å². The van der Waals surface area contributed by atoms with Gasteiger partial charge in [-0.1, -0.05) is 6.08 Å². The Morgan fingerprint density at radius 3 is 2.64 bits per heavy atom. The first kappa shape index (κ1) is 7.32. The van der Waals surface area contributed by atoms with E-state index in [2.05, 4.69) is 12.2 Å². The topological polar surface area (TPSA) is 18.5 Å². The second kappa shape index (κ2) is 2.95. The highest BCUT2D eigenvalue weighted by molar-refractivity contribution is 5.00. The van der Waals surface area contributed by atoms with Crippen LogP contribution in [0.2, 0.25) is 0 Å². The van der Waals surface area contributed by atoms with Gasteiger partial charge in [-0.05, 0) is 25.3 Å². The highest BCUT2D eigenvalue weighted by Crippen LogP contribution is 2.29. The normalized spacial score (nSPS) is 37.8. The van der Waals surface area contributed by atoms with E-state index < -0.39 is 0 Å². The van der Waals surface area contributed by atoms with Gasteiger partial charge in [0.1, 0.15) is 0 Å². The second-order valence-corrected chi connectivity index (χ2v) is 3.16. The lowest BCUT2D eigenvalue weighted by Gasteiger charge is -2.36. The molecule has 1 spiro atoms. The van der Waals surface area contributed by atoms with E-state index in [-0.39, 0.29) is 5.79 Å². The SMILES string of the molecule is C1=C[C@@]2(CCCCO2)OCC1. The Morgan fingerprint density at radius 2 is 2.00 bits per heavy atom. The highest BCUT2D eigenvalue weighted by atomic mass is 16.7. The Kier molecular flexibility index (Phi) is 1.96. The second-order valence-electron chi connectivity index (χ2n) is 3.16. The van der Waals surface area contributed by atoms with E-state index in [9.17, 15) is 0 Å². The standard InChI is InChI=1S/C9H14O2/c1-3-7-10-9(5-1)6-2-4-8-11-9/h1,5H,2-4,6-8H2/t9-/m1/s1. The lowest BCUT2D eigenvalue weighted by molar-refractivity contribution is -0.226. The van der Waals surface area contributed by atoms with E-state index in [1.54, 1.807) is 0 Å². The van der Waals surface area contributed by atoms with Crippen molar-refractivity contribution < 1.29 is 9.47 Å². The summed E-state index contributed by atoms with van der Waals surface area (Å²) in [6.45, 7) is 1.67. The molecule has 0 N–H and O–H groups in total. The number of ether oxygens (including phenoxy) is 2. The van der Waals surface area contributed by atoms with E-state index in [0.717, 1.165) is 26.1 Å². The minimum Gasteiger partial charge on any atom is -0.346 e. The summed E-state index contributed by atoms with van der Waals surface area (Å²) in [6.07, 6.45) is 8.71. The molecule has 0 amide bonds. The van der Waals surface area contributed by atoms with E-state index in [1.165, 1.54) is 12.8 Å². The summed E-state index contributed by atoms with van der Waals surface area (Å²) in [6, 6.07) is 0. The van der Waals surface area contributed by atoms with Crippen molar-refractivity contribution in [1.82, 2.24) is 0 Å². The summed E-state index contributed by atoms with van der Waals surface area (Å²) in [5.74, 6) is -0.323. The Labute approximate surface area is 67.2 Å². The average Bonchev–Trinajstić information content (AvgIpc) is 2.07. The van der Waals surface area contributed by atoms with Crippen molar-refractivity contribution in [2.24, 2.45) is 0 Å². The molecule has 62 valence electrons. The van der Waals surface area contributed by atoms with Gasteiger partial charge in [0.15, 0.2) is 5.79 Å². The molecule has 11 heavy (non-hydrogen) atoms. The van der Waals surface area contributed by atoms with Crippen molar-refractivity contribution >= 4 is 0 Å². The molecule has 2 heterocycles. The first-order valence-corrected chi connectivity index (χ1v) is 4.37. The molecular weight excluding hydrogens is 140 g/mol. The Bertz CT molecular complexity index is 157. The third kappa shape index (κ3) is 1.47. The minimum absolute atomic E-state index is 0.323. The summed E-state index contributed by atoms with van der Waals surface area (Å²) in [4.78, 5) is 0. The zero-order valence-electron chi connectivity index (χ0n) is 6.71. The highest BCUT2D eigenvalue weighted by Gasteiger charge is 2.32. The fourth-order valence-corrected chi connectivity index (χ4v) is 1.65. The van der Waals surface area contributed by atoms with Crippen LogP contribution in [0.1, 0.15) is 25.7 Å². The molecule has 0 bridgehead atoms.